The standard InChI is InChI=1S/C35H36N2O/c1-27(29-15-7-3-8-16-29)36-23-34(31-19-11-5-12-20-31)25-37(28(2)30-17-9-4-10-18-30)26-35(24-36,33(34)38)32-21-13-6-14-22-32/h3-22,27-28H,23-26H2,1-2H3/t27-,28-,34?,35?/m1/s1. The highest BCUT2D eigenvalue weighted by molar-refractivity contribution is 6.01. The van der Waals surface area contributed by atoms with Crippen molar-refractivity contribution in [2.75, 3.05) is 26.2 Å². The molecule has 2 aliphatic rings. The number of rotatable bonds is 6. The number of carbonyl (C=O) groups excluding carboxylic acids is 1. The molecule has 3 heteroatoms. The van der Waals surface area contributed by atoms with Crippen LogP contribution in [0.4, 0.5) is 0 Å². The Morgan fingerprint density at radius 3 is 1.11 bits per heavy atom. The highest BCUT2D eigenvalue weighted by atomic mass is 16.1. The Kier molecular flexibility index (Phi) is 6.51. The van der Waals surface area contributed by atoms with Crippen molar-refractivity contribution in [3.8, 4) is 0 Å². The van der Waals surface area contributed by atoms with Crippen molar-refractivity contribution in [1.29, 1.82) is 0 Å². The van der Waals surface area contributed by atoms with Crippen molar-refractivity contribution in [3.05, 3.63) is 144 Å². The van der Waals surface area contributed by atoms with Crippen LogP contribution in [0.15, 0.2) is 121 Å². The third-order valence-electron chi connectivity index (χ3n) is 9.07. The first-order valence-electron chi connectivity index (χ1n) is 13.8. The predicted octanol–water partition coefficient (Wildman–Crippen LogP) is 6.59. The number of Topliss-reactive ketones (excluding diaryl/α,β-unsaturated/α-hetero) is 1. The van der Waals surface area contributed by atoms with Crippen molar-refractivity contribution in [2.45, 2.75) is 36.8 Å². The van der Waals surface area contributed by atoms with Crippen LogP contribution >= 0.6 is 0 Å². The lowest BCUT2D eigenvalue weighted by atomic mass is 9.57. The lowest BCUT2D eigenvalue weighted by molar-refractivity contribution is -0.147. The smallest absolute Gasteiger partial charge is 0.159 e. The van der Waals surface area contributed by atoms with Gasteiger partial charge in [0.15, 0.2) is 5.78 Å². The normalized spacial score (nSPS) is 25.6. The second-order valence-corrected chi connectivity index (χ2v) is 11.2. The molecular weight excluding hydrogens is 464 g/mol. The summed E-state index contributed by atoms with van der Waals surface area (Å²) in [6.45, 7) is 7.42. The number of benzene rings is 4. The summed E-state index contributed by atoms with van der Waals surface area (Å²) in [6, 6.07) is 43.0. The number of likely N-dealkylation sites (tertiary alicyclic amines) is 2. The number of hydrogen-bond acceptors (Lipinski definition) is 3. The quantitative estimate of drug-likeness (QED) is 0.299. The second kappa shape index (κ2) is 9.98. The molecule has 0 N–H and O–H groups in total. The summed E-state index contributed by atoms with van der Waals surface area (Å²) < 4.78 is 0. The molecule has 2 fully saturated rings. The summed E-state index contributed by atoms with van der Waals surface area (Å²) in [5.74, 6) is 0.371. The van der Waals surface area contributed by atoms with E-state index in [2.05, 4.69) is 145 Å². The third kappa shape index (κ3) is 4.11. The summed E-state index contributed by atoms with van der Waals surface area (Å²) in [5, 5.41) is 0. The molecule has 0 radical (unpaired) electrons. The number of nitrogens with zero attached hydrogens (tertiary/aromatic N) is 2. The molecule has 38 heavy (non-hydrogen) atoms. The van der Waals surface area contributed by atoms with Gasteiger partial charge in [-0.1, -0.05) is 121 Å². The number of piperidine rings is 2. The van der Waals surface area contributed by atoms with Crippen LogP contribution in [0.2, 0.25) is 0 Å². The van der Waals surface area contributed by atoms with Crippen LogP contribution < -0.4 is 0 Å². The Balaban J connectivity index is 1.52. The van der Waals surface area contributed by atoms with E-state index in [9.17, 15) is 0 Å². The van der Waals surface area contributed by atoms with E-state index in [1.807, 2.05) is 0 Å². The van der Waals surface area contributed by atoms with Crippen LogP contribution in [0.1, 0.15) is 48.2 Å². The van der Waals surface area contributed by atoms with Crippen molar-refractivity contribution in [3.63, 3.8) is 0 Å². The minimum Gasteiger partial charge on any atom is -0.297 e. The molecule has 192 valence electrons. The molecule has 0 aliphatic carbocycles. The van der Waals surface area contributed by atoms with Crippen LogP contribution in [0.3, 0.4) is 0 Å². The zero-order valence-corrected chi connectivity index (χ0v) is 22.3. The molecule has 6 rings (SSSR count). The maximum absolute atomic E-state index is 15.0. The molecule has 0 aromatic heterocycles. The maximum atomic E-state index is 15.0. The predicted molar refractivity (Wildman–Crippen MR) is 154 cm³/mol. The highest BCUT2D eigenvalue weighted by Gasteiger charge is 2.62. The first-order chi connectivity index (χ1) is 18.5. The largest absolute Gasteiger partial charge is 0.297 e. The first-order valence-corrected chi connectivity index (χ1v) is 13.8. The Labute approximate surface area is 226 Å². The van der Waals surface area contributed by atoms with Gasteiger partial charge in [-0.2, -0.15) is 0 Å². The molecular formula is C35H36N2O. The zero-order chi connectivity index (χ0) is 26.2. The van der Waals surface area contributed by atoms with E-state index < -0.39 is 10.8 Å². The van der Waals surface area contributed by atoms with Gasteiger partial charge < -0.3 is 0 Å². The summed E-state index contributed by atoms with van der Waals surface area (Å²) in [6.07, 6.45) is 0. The molecule has 0 unspecified atom stereocenters. The number of fused-ring (bicyclic) bond motifs is 2. The lowest BCUT2D eigenvalue weighted by Gasteiger charge is -2.59. The van der Waals surface area contributed by atoms with E-state index in [0.29, 0.717) is 32.0 Å². The minimum absolute atomic E-state index is 0.202. The summed E-state index contributed by atoms with van der Waals surface area (Å²) in [5.41, 5.74) is 3.58. The van der Waals surface area contributed by atoms with Crippen molar-refractivity contribution < 1.29 is 4.79 Å². The molecule has 4 aromatic carbocycles. The van der Waals surface area contributed by atoms with E-state index in [1.165, 1.54) is 11.1 Å². The van der Waals surface area contributed by atoms with Gasteiger partial charge in [-0.25, -0.2) is 0 Å². The van der Waals surface area contributed by atoms with Crippen LogP contribution in [-0.4, -0.2) is 41.8 Å². The molecule has 0 amide bonds. The molecule has 2 atom stereocenters. The van der Waals surface area contributed by atoms with Gasteiger partial charge in [-0.3, -0.25) is 14.6 Å². The Morgan fingerprint density at radius 2 is 0.789 bits per heavy atom. The van der Waals surface area contributed by atoms with E-state index in [1.54, 1.807) is 0 Å². The third-order valence-corrected chi connectivity index (χ3v) is 9.07. The first kappa shape index (κ1) is 24.8. The summed E-state index contributed by atoms with van der Waals surface area (Å²) in [7, 11) is 0. The molecule has 2 bridgehead atoms. The fourth-order valence-electron chi connectivity index (χ4n) is 6.92. The number of ketones is 1. The van der Waals surface area contributed by atoms with Gasteiger partial charge in [-0.05, 0) is 36.1 Å². The molecule has 2 saturated heterocycles. The molecule has 2 heterocycles. The van der Waals surface area contributed by atoms with Gasteiger partial charge in [0, 0.05) is 38.3 Å². The SMILES string of the molecule is C[C@H](c1ccccc1)N1CC2(c3ccccc3)CN([C@H](C)c3ccccc3)CC(c3ccccc3)(C1)C2=O. The average Bonchev–Trinajstić information content (AvgIpc) is 2.98. The lowest BCUT2D eigenvalue weighted by Crippen LogP contribution is -2.73. The van der Waals surface area contributed by atoms with Crippen LogP contribution in [-0.2, 0) is 15.6 Å². The zero-order valence-electron chi connectivity index (χ0n) is 22.3. The topological polar surface area (TPSA) is 23.6 Å². The summed E-state index contributed by atoms with van der Waals surface area (Å²) >= 11 is 0. The van der Waals surface area contributed by atoms with Crippen molar-refractivity contribution in [2.24, 2.45) is 0 Å². The molecule has 3 nitrogen and oxygen atoms in total. The Bertz CT molecular complexity index is 1250. The molecule has 2 aliphatic heterocycles. The van der Waals surface area contributed by atoms with Crippen molar-refractivity contribution in [1.82, 2.24) is 9.80 Å². The minimum atomic E-state index is -0.625. The van der Waals surface area contributed by atoms with E-state index >= 15 is 4.79 Å². The van der Waals surface area contributed by atoms with Crippen LogP contribution in [0.25, 0.3) is 0 Å². The molecule has 0 saturated carbocycles. The van der Waals surface area contributed by atoms with Gasteiger partial charge in [0.1, 0.15) is 0 Å². The van der Waals surface area contributed by atoms with Crippen LogP contribution in [0.5, 0.6) is 0 Å². The van der Waals surface area contributed by atoms with E-state index in [-0.39, 0.29) is 12.1 Å². The maximum Gasteiger partial charge on any atom is 0.159 e. The average molecular weight is 501 g/mol. The Hall–Kier alpha value is -3.53. The number of carbonyl (C=O) groups is 1. The van der Waals surface area contributed by atoms with Crippen LogP contribution in [0, 0.1) is 0 Å². The van der Waals surface area contributed by atoms with E-state index in [4.69, 9.17) is 0 Å². The fraction of sp³-hybridized carbons (Fsp3) is 0.286. The number of hydrogen-bond donors (Lipinski definition) is 0. The highest BCUT2D eigenvalue weighted by Crippen LogP contribution is 2.49. The summed E-state index contributed by atoms with van der Waals surface area (Å²) in [4.78, 5) is 20.1. The fourth-order valence-corrected chi connectivity index (χ4v) is 6.92. The second-order valence-electron chi connectivity index (χ2n) is 11.2. The van der Waals surface area contributed by atoms with Gasteiger partial charge in [0.05, 0.1) is 10.8 Å². The van der Waals surface area contributed by atoms with Gasteiger partial charge in [0.25, 0.3) is 0 Å². The van der Waals surface area contributed by atoms with Gasteiger partial charge >= 0.3 is 0 Å². The Morgan fingerprint density at radius 1 is 0.500 bits per heavy atom. The van der Waals surface area contributed by atoms with Crippen molar-refractivity contribution >= 4 is 5.78 Å². The monoisotopic (exact) mass is 500 g/mol. The van der Waals surface area contributed by atoms with E-state index in [0.717, 1.165) is 11.1 Å². The molecule has 4 aromatic rings. The van der Waals surface area contributed by atoms with Gasteiger partial charge in [-0.15, -0.1) is 0 Å². The van der Waals surface area contributed by atoms with Gasteiger partial charge in [0.2, 0.25) is 0 Å². The molecule has 0 spiro atoms.